The summed E-state index contributed by atoms with van der Waals surface area (Å²) in [7, 11) is 1.33. The van der Waals surface area contributed by atoms with E-state index in [0.29, 0.717) is 24.5 Å². The summed E-state index contributed by atoms with van der Waals surface area (Å²) in [6.45, 7) is 1.12. The van der Waals surface area contributed by atoms with Crippen LogP contribution in [0, 0.1) is 0 Å². The van der Waals surface area contributed by atoms with E-state index < -0.39 is 12.3 Å². The monoisotopic (exact) mass is 223 g/mol. The molecule has 5 nitrogen and oxygen atoms in total. The lowest BCUT2D eigenvalue weighted by atomic mass is 10.1. The van der Waals surface area contributed by atoms with Gasteiger partial charge in [-0.3, -0.25) is 0 Å². The largest absolute Gasteiger partial charge is 0.465 e. The Kier molecular flexibility index (Phi) is 3.07. The number of carbonyl (C=O) groups is 1. The Balaban J connectivity index is 2.25. The molecular weight excluding hydrogens is 210 g/mol. The van der Waals surface area contributed by atoms with Gasteiger partial charge in [-0.1, -0.05) is 6.07 Å². The number of nitrogen functional groups attached to an aromatic ring is 1. The number of ether oxygens (including phenoxy) is 3. The van der Waals surface area contributed by atoms with Crippen LogP contribution in [0.1, 0.15) is 22.2 Å². The first-order valence-electron chi connectivity index (χ1n) is 4.93. The van der Waals surface area contributed by atoms with Gasteiger partial charge >= 0.3 is 5.97 Å². The average Bonchev–Trinajstić information content (AvgIpc) is 2.81. The van der Waals surface area contributed by atoms with Crippen molar-refractivity contribution in [2.24, 2.45) is 0 Å². The van der Waals surface area contributed by atoms with E-state index >= 15 is 0 Å². The molecule has 1 aliphatic rings. The Hall–Kier alpha value is -1.59. The van der Waals surface area contributed by atoms with Crippen LogP contribution >= 0.6 is 0 Å². The van der Waals surface area contributed by atoms with Gasteiger partial charge in [0.1, 0.15) is 0 Å². The number of hydrogen-bond acceptors (Lipinski definition) is 5. The maximum absolute atomic E-state index is 11.3. The van der Waals surface area contributed by atoms with Gasteiger partial charge in [0.05, 0.1) is 25.9 Å². The van der Waals surface area contributed by atoms with E-state index in [-0.39, 0.29) is 0 Å². The second-order valence-corrected chi connectivity index (χ2v) is 3.41. The van der Waals surface area contributed by atoms with Crippen molar-refractivity contribution in [3.8, 4) is 0 Å². The zero-order valence-electron chi connectivity index (χ0n) is 8.93. The van der Waals surface area contributed by atoms with Crippen molar-refractivity contribution in [2.75, 3.05) is 26.1 Å². The Morgan fingerprint density at radius 1 is 1.44 bits per heavy atom. The second-order valence-electron chi connectivity index (χ2n) is 3.41. The first kappa shape index (κ1) is 10.9. The van der Waals surface area contributed by atoms with E-state index in [2.05, 4.69) is 4.74 Å². The predicted octanol–water partition coefficient (Wildman–Crippen LogP) is 1.10. The SMILES string of the molecule is COC(=O)c1ccc(C2OCCO2)c(N)c1. The lowest BCUT2D eigenvalue weighted by Gasteiger charge is -2.12. The minimum Gasteiger partial charge on any atom is -0.465 e. The second kappa shape index (κ2) is 4.51. The third kappa shape index (κ3) is 2.00. The summed E-state index contributed by atoms with van der Waals surface area (Å²) in [6, 6.07) is 4.92. The van der Waals surface area contributed by atoms with Crippen molar-refractivity contribution in [1.29, 1.82) is 0 Å². The highest BCUT2D eigenvalue weighted by Crippen LogP contribution is 2.28. The van der Waals surface area contributed by atoms with Gasteiger partial charge < -0.3 is 19.9 Å². The zero-order valence-corrected chi connectivity index (χ0v) is 8.93. The lowest BCUT2D eigenvalue weighted by molar-refractivity contribution is -0.0435. The normalized spacial score (nSPS) is 16.3. The molecule has 5 heteroatoms. The maximum atomic E-state index is 11.3. The molecular formula is C11H13NO4. The van der Waals surface area contributed by atoms with E-state index in [9.17, 15) is 4.79 Å². The molecule has 0 saturated carbocycles. The molecule has 1 aliphatic heterocycles. The topological polar surface area (TPSA) is 70.8 Å². The molecule has 86 valence electrons. The van der Waals surface area contributed by atoms with Crippen LogP contribution in [0.15, 0.2) is 18.2 Å². The Labute approximate surface area is 93.1 Å². The molecule has 1 fully saturated rings. The molecule has 2 rings (SSSR count). The van der Waals surface area contributed by atoms with E-state index in [1.165, 1.54) is 7.11 Å². The zero-order chi connectivity index (χ0) is 11.5. The number of benzene rings is 1. The summed E-state index contributed by atoms with van der Waals surface area (Å²) in [5, 5.41) is 0. The van der Waals surface area contributed by atoms with Gasteiger partial charge in [-0.05, 0) is 12.1 Å². The molecule has 0 unspecified atom stereocenters. The van der Waals surface area contributed by atoms with Crippen LogP contribution in [-0.4, -0.2) is 26.3 Å². The Morgan fingerprint density at radius 3 is 2.69 bits per heavy atom. The van der Waals surface area contributed by atoms with E-state index in [1.807, 2.05) is 0 Å². The minimum absolute atomic E-state index is 0.411. The van der Waals surface area contributed by atoms with Gasteiger partial charge in [0, 0.05) is 11.3 Å². The quantitative estimate of drug-likeness (QED) is 0.600. The van der Waals surface area contributed by atoms with Crippen molar-refractivity contribution < 1.29 is 19.0 Å². The summed E-state index contributed by atoms with van der Waals surface area (Å²) >= 11 is 0. The van der Waals surface area contributed by atoms with E-state index in [0.717, 1.165) is 5.56 Å². The fourth-order valence-electron chi connectivity index (χ4n) is 1.57. The fraction of sp³-hybridized carbons (Fsp3) is 0.364. The van der Waals surface area contributed by atoms with Crippen LogP contribution in [0.3, 0.4) is 0 Å². The van der Waals surface area contributed by atoms with Crippen LogP contribution in [0.2, 0.25) is 0 Å². The van der Waals surface area contributed by atoms with Gasteiger partial charge in [0.15, 0.2) is 6.29 Å². The van der Waals surface area contributed by atoms with Gasteiger partial charge in [0.2, 0.25) is 0 Å². The molecule has 0 bridgehead atoms. The summed E-state index contributed by atoms with van der Waals surface area (Å²) < 4.78 is 15.3. The van der Waals surface area contributed by atoms with Crippen molar-refractivity contribution in [1.82, 2.24) is 0 Å². The van der Waals surface area contributed by atoms with Crippen molar-refractivity contribution >= 4 is 11.7 Å². The standard InChI is InChI=1S/C11H13NO4/c1-14-10(13)7-2-3-8(9(12)6-7)11-15-4-5-16-11/h2-3,6,11H,4-5,12H2,1H3. The maximum Gasteiger partial charge on any atom is 0.337 e. The molecule has 2 N–H and O–H groups in total. The third-order valence-electron chi connectivity index (χ3n) is 2.38. The number of nitrogens with two attached hydrogens (primary N) is 1. The highest BCUT2D eigenvalue weighted by Gasteiger charge is 2.21. The molecule has 0 aliphatic carbocycles. The summed E-state index contributed by atoms with van der Waals surface area (Å²) in [6.07, 6.45) is -0.424. The lowest BCUT2D eigenvalue weighted by Crippen LogP contribution is -2.06. The fourth-order valence-corrected chi connectivity index (χ4v) is 1.57. The molecule has 0 radical (unpaired) electrons. The van der Waals surface area contributed by atoms with Crippen molar-refractivity contribution in [3.63, 3.8) is 0 Å². The highest BCUT2D eigenvalue weighted by atomic mass is 16.7. The minimum atomic E-state index is -0.424. The molecule has 0 atom stereocenters. The number of hydrogen-bond donors (Lipinski definition) is 1. The van der Waals surface area contributed by atoms with E-state index in [4.69, 9.17) is 15.2 Å². The predicted molar refractivity (Wildman–Crippen MR) is 56.8 cm³/mol. The van der Waals surface area contributed by atoms with E-state index in [1.54, 1.807) is 18.2 Å². The van der Waals surface area contributed by atoms with Crippen molar-refractivity contribution in [3.05, 3.63) is 29.3 Å². The van der Waals surface area contributed by atoms with Crippen LogP contribution in [0.25, 0.3) is 0 Å². The molecule has 1 aromatic carbocycles. The first-order chi connectivity index (χ1) is 7.72. The smallest absolute Gasteiger partial charge is 0.337 e. The average molecular weight is 223 g/mol. The van der Waals surface area contributed by atoms with Crippen LogP contribution in [0.5, 0.6) is 0 Å². The number of anilines is 1. The van der Waals surface area contributed by atoms with Gasteiger partial charge in [-0.2, -0.15) is 0 Å². The summed E-state index contributed by atoms with van der Waals surface area (Å²) in [5.41, 5.74) is 7.45. The molecule has 1 aromatic rings. The number of methoxy groups -OCH3 is 1. The molecule has 1 heterocycles. The molecule has 0 aromatic heterocycles. The Morgan fingerprint density at radius 2 is 2.12 bits per heavy atom. The third-order valence-corrected chi connectivity index (χ3v) is 2.38. The first-order valence-corrected chi connectivity index (χ1v) is 4.93. The molecule has 0 amide bonds. The highest BCUT2D eigenvalue weighted by molar-refractivity contribution is 5.90. The van der Waals surface area contributed by atoms with Crippen molar-refractivity contribution in [2.45, 2.75) is 6.29 Å². The van der Waals surface area contributed by atoms with Crippen LogP contribution in [-0.2, 0) is 14.2 Å². The number of carbonyl (C=O) groups excluding carboxylic acids is 1. The van der Waals surface area contributed by atoms with Crippen LogP contribution in [0.4, 0.5) is 5.69 Å². The summed E-state index contributed by atoms with van der Waals surface area (Å²) in [4.78, 5) is 11.3. The Bertz CT molecular complexity index is 399. The molecule has 1 saturated heterocycles. The van der Waals surface area contributed by atoms with Crippen LogP contribution < -0.4 is 5.73 Å². The van der Waals surface area contributed by atoms with Gasteiger partial charge in [-0.15, -0.1) is 0 Å². The number of rotatable bonds is 2. The van der Waals surface area contributed by atoms with Gasteiger partial charge in [0.25, 0.3) is 0 Å². The number of esters is 1. The summed E-state index contributed by atoms with van der Waals surface area (Å²) in [5.74, 6) is -0.411. The molecule has 0 spiro atoms. The van der Waals surface area contributed by atoms with Gasteiger partial charge in [-0.25, -0.2) is 4.79 Å². The molecule has 16 heavy (non-hydrogen) atoms.